The number of anilines is 1. The molecule has 0 saturated carbocycles. The van der Waals surface area contributed by atoms with Gasteiger partial charge in [-0.05, 0) is 50.7 Å². The molecule has 0 aromatic heterocycles. The van der Waals surface area contributed by atoms with Gasteiger partial charge in [-0.3, -0.25) is 0 Å². The zero-order chi connectivity index (χ0) is 15.6. The van der Waals surface area contributed by atoms with Crippen LogP contribution in [0.3, 0.4) is 0 Å². The number of nitrogens with zero attached hydrogens (tertiary/aromatic N) is 2. The fraction of sp³-hybridized carbons (Fsp3) is 0.600. The van der Waals surface area contributed by atoms with Crippen molar-refractivity contribution in [3.05, 3.63) is 29.3 Å². The predicted octanol–water partition coefficient (Wildman–Crippen LogP) is 2.69. The molecule has 1 aromatic rings. The van der Waals surface area contributed by atoms with Crippen LogP contribution in [-0.2, 0) is 12.7 Å². The lowest BCUT2D eigenvalue weighted by Crippen LogP contribution is -2.38. The van der Waals surface area contributed by atoms with Gasteiger partial charge < -0.3 is 15.5 Å². The molecule has 1 aliphatic heterocycles. The lowest BCUT2D eigenvalue weighted by molar-refractivity contribution is -0.138. The molecule has 1 unspecified atom stereocenters. The molecule has 1 saturated heterocycles. The van der Waals surface area contributed by atoms with E-state index in [4.69, 9.17) is 5.73 Å². The second-order valence-electron chi connectivity index (χ2n) is 5.70. The lowest BCUT2D eigenvalue weighted by Gasteiger charge is -2.31. The van der Waals surface area contributed by atoms with Gasteiger partial charge in [0.25, 0.3) is 0 Å². The second-order valence-corrected chi connectivity index (χ2v) is 5.70. The van der Waals surface area contributed by atoms with Gasteiger partial charge in [0.2, 0.25) is 0 Å². The topological polar surface area (TPSA) is 32.5 Å². The first-order valence-electron chi connectivity index (χ1n) is 7.18. The quantitative estimate of drug-likeness (QED) is 0.911. The van der Waals surface area contributed by atoms with Crippen LogP contribution in [0.4, 0.5) is 18.9 Å². The van der Waals surface area contributed by atoms with Crippen LogP contribution in [0.25, 0.3) is 0 Å². The average Bonchev–Trinajstić information content (AvgIpc) is 2.57. The average molecular weight is 301 g/mol. The third-order valence-electron chi connectivity index (χ3n) is 3.99. The van der Waals surface area contributed by atoms with E-state index in [-0.39, 0.29) is 18.2 Å². The smallest absolute Gasteiger partial charge is 0.367 e. The molecule has 1 aliphatic rings. The maximum atomic E-state index is 12.9. The van der Waals surface area contributed by atoms with E-state index in [2.05, 4.69) is 23.8 Å². The van der Waals surface area contributed by atoms with Crippen molar-refractivity contribution in [2.75, 3.05) is 31.6 Å². The Hall–Kier alpha value is -1.27. The number of likely N-dealkylation sites (N-methyl/N-ethyl adjacent to an activating group) is 1. The van der Waals surface area contributed by atoms with Gasteiger partial charge in [0.05, 0.1) is 5.56 Å². The van der Waals surface area contributed by atoms with Gasteiger partial charge >= 0.3 is 6.18 Å². The van der Waals surface area contributed by atoms with Crippen LogP contribution in [0.1, 0.15) is 24.5 Å². The monoisotopic (exact) mass is 301 g/mol. The molecule has 21 heavy (non-hydrogen) atoms. The minimum Gasteiger partial charge on any atom is -0.367 e. The summed E-state index contributed by atoms with van der Waals surface area (Å²) in [6, 6.07) is 4.56. The Bertz CT molecular complexity index is 488. The van der Waals surface area contributed by atoms with Crippen molar-refractivity contribution in [1.29, 1.82) is 0 Å². The molecule has 2 N–H and O–H groups in total. The molecule has 6 heteroatoms. The maximum absolute atomic E-state index is 12.9. The molecule has 2 rings (SSSR count). The van der Waals surface area contributed by atoms with Crippen LogP contribution in [0.5, 0.6) is 0 Å². The van der Waals surface area contributed by atoms with Crippen LogP contribution in [0, 0.1) is 0 Å². The summed E-state index contributed by atoms with van der Waals surface area (Å²) in [6.45, 7) is 4.75. The summed E-state index contributed by atoms with van der Waals surface area (Å²) in [4.78, 5) is 4.42. The zero-order valence-electron chi connectivity index (χ0n) is 12.5. The highest BCUT2D eigenvalue weighted by atomic mass is 19.4. The fourth-order valence-electron chi connectivity index (χ4n) is 2.96. The molecule has 0 bridgehead atoms. The van der Waals surface area contributed by atoms with E-state index in [0.717, 1.165) is 37.8 Å². The SMILES string of the molecule is CC1CN(C)CCCN1c1ccc(C(F)(F)F)c(CN)c1. The minimum absolute atomic E-state index is 0.106. The molecule has 1 fully saturated rings. The Morgan fingerprint density at radius 3 is 2.62 bits per heavy atom. The Labute approximate surface area is 123 Å². The number of benzene rings is 1. The van der Waals surface area contributed by atoms with Gasteiger partial charge in [-0.15, -0.1) is 0 Å². The number of hydrogen-bond acceptors (Lipinski definition) is 3. The number of nitrogens with two attached hydrogens (primary N) is 1. The third-order valence-corrected chi connectivity index (χ3v) is 3.99. The van der Waals surface area contributed by atoms with E-state index in [1.807, 2.05) is 0 Å². The van der Waals surface area contributed by atoms with Crippen LogP contribution >= 0.6 is 0 Å². The van der Waals surface area contributed by atoms with Gasteiger partial charge in [-0.25, -0.2) is 0 Å². The van der Waals surface area contributed by atoms with Crippen molar-refractivity contribution in [2.24, 2.45) is 5.73 Å². The third kappa shape index (κ3) is 3.68. The second kappa shape index (κ2) is 6.23. The maximum Gasteiger partial charge on any atom is 0.416 e. The highest BCUT2D eigenvalue weighted by Crippen LogP contribution is 2.34. The lowest BCUT2D eigenvalue weighted by atomic mass is 10.0. The first kappa shape index (κ1) is 16.1. The van der Waals surface area contributed by atoms with E-state index in [1.165, 1.54) is 0 Å². The fourth-order valence-corrected chi connectivity index (χ4v) is 2.96. The van der Waals surface area contributed by atoms with Crippen molar-refractivity contribution in [3.8, 4) is 0 Å². The molecule has 0 amide bonds. The summed E-state index contributed by atoms with van der Waals surface area (Å²) in [7, 11) is 2.07. The molecule has 1 atom stereocenters. The summed E-state index contributed by atoms with van der Waals surface area (Å²) in [6.07, 6.45) is -3.35. The molecule has 1 aromatic carbocycles. The highest BCUT2D eigenvalue weighted by molar-refractivity contribution is 5.52. The summed E-state index contributed by atoms with van der Waals surface area (Å²) in [5.41, 5.74) is 5.86. The molecule has 3 nitrogen and oxygen atoms in total. The molecule has 0 aliphatic carbocycles. The largest absolute Gasteiger partial charge is 0.416 e. The molecule has 0 spiro atoms. The van der Waals surface area contributed by atoms with E-state index >= 15 is 0 Å². The van der Waals surface area contributed by atoms with Crippen molar-refractivity contribution in [3.63, 3.8) is 0 Å². The van der Waals surface area contributed by atoms with Gasteiger partial charge in [-0.2, -0.15) is 13.2 Å². The van der Waals surface area contributed by atoms with Crippen molar-refractivity contribution < 1.29 is 13.2 Å². The van der Waals surface area contributed by atoms with E-state index in [1.54, 1.807) is 12.1 Å². The highest BCUT2D eigenvalue weighted by Gasteiger charge is 2.33. The van der Waals surface area contributed by atoms with Gasteiger partial charge in [0, 0.05) is 31.4 Å². The van der Waals surface area contributed by atoms with Crippen LogP contribution in [0.2, 0.25) is 0 Å². The molecule has 1 heterocycles. The number of halogens is 3. The van der Waals surface area contributed by atoms with Crippen molar-refractivity contribution in [2.45, 2.75) is 32.1 Å². The molecular formula is C15H22F3N3. The summed E-state index contributed by atoms with van der Waals surface area (Å²) >= 11 is 0. The number of hydrogen-bond donors (Lipinski definition) is 1. The normalized spacial score (nSPS) is 21.4. The summed E-state index contributed by atoms with van der Waals surface area (Å²) in [5.74, 6) is 0. The van der Waals surface area contributed by atoms with Crippen LogP contribution in [0.15, 0.2) is 18.2 Å². The van der Waals surface area contributed by atoms with Crippen LogP contribution < -0.4 is 10.6 Å². The van der Waals surface area contributed by atoms with E-state index in [0.29, 0.717) is 0 Å². The minimum atomic E-state index is -4.35. The number of alkyl halides is 3. The van der Waals surface area contributed by atoms with Crippen LogP contribution in [-0.4, -0.2) is 37.6 Å². The first-order chi connectivity index (χ1) is 9.82. The van der Waals surface area contributed by atoms with Crippen molar-refractivity contribution >= 4 is 5.69 Å². The summed E-state index contributed by atoms with van der Waals surface area (Å²) in [5, 5.41) is 0. The molecule has 0 radical (unpaired) electrons. The van der Waals surface area contributed by atoms with E-state index in [9.17, 15) is 13.2 Å². The first-order valence-corrected chi connectivity index (χ1v) is 7.18. The zero-order valence-corrected chi connectivity index (χ0v) is 12.5. The Balaban J connectivity index is 2.32. The standard InChI is InChI=1S/C15H22F3N3/c1-11-10-20(2)6-3-7-21(11)13-4-5-14(15(16,17)18)12(8-13)9-19/h4-5,8,11H,3,6-7,9-10,19H2,1-2H3. The Morgan fingerprint density at radius 2 is 2.00 bits per heavy atom. The Kier molecular flexibility index (Phi) is 4.78. The number of rotatable bonds is 2. The predicted molar refractivity (Wildman–Crippen MR) is 78.3 cm³/mol. The summed E-state index contributed by atoms with van der Waals surface area (Å²) < 4.78 is 38.8. The van der Waals surface area contributed by atoms with Gasteiger partial charge in [0.1, 0.15) is 0 Å². The Morgan fingerprint density at radius 1 is 1.29 bits per heavy atom. The van der Waals surface area contributed by atoms with Gasteiger partial charge in [-0.1, -0.05) is 0 Å². The van der Waals surface area contributed by atoms with Gasteiger partial charge in [0.15, 0.2) is 0 Å². The molecular weight excluding hydrogens is 279 g/mol. The van der Waals surface area contributed by atoms with E-state index < -0.39 is 11.7 Å². The molecule has 118 valence electrons. The van der Waals surface area contributed by atoms with Crippen molar-refractivity contribution in [1.82, 2.24) is 4.90 Å².